The molecule has 1 aliphatic rings. The van der Waals surface area contributed by atoms with Gasteiger partial charge in [0, 0.05) is 33.8 Å². The normalized spacial score (nSPS) is 18.6. The van der Waals surface area contributed by atoms with Crippen LogP contribution in [0.15, 0.2) is 0 Å². The Morgan fingerprint density at radius 3 is 1.93 bits per heavy atom. The highest BCUT2D eigenvalue weighted by molar-refractivity contribution is 6.60. The molecule has 0 radical (unpaired) electrons. The Labute approximate surface area is 165 Å². The van der Waals surface area contributed by atoms with E-state index in [1.165, 1.54) is 0 Å². The lowest BCUT2D eigenvalue weighted by molar-refractivity contribution is -0.314. The molecule has 1 fully saturated rings. The van der Waals surface area contributed by atoms with Crippen LogP contribution in [0.4, 0.5) is 0 Å². The summed E-state index contributed by atoms with van der Waals surface area (Å²) in [4.78, 5) is 0. The fourth-order valence-corrected chi connectivity index (χ4v) is 5.72. The van der Waals surface area contributed by atoms with Crippen LogP contribution in [0.1, 0.15) is 33.1 Å². The van der Waals surface area contributed by atoms with Crippen molar-refractivity contribution in [3.05, 3.63) is 0 Å². The third kappa shape index (κ3) is 8.04. The van der Waals surface area contributed by atoms with Crippen LogP contribution in [0.2, 0.25) is 6.04 Å². The maximum absolute atomic E-state index is 6.55. The van der Waals surface area contributed by atoms with Crippen molar-refractivity contribution < 1.29 is 37.0 Å². The van der Waals surface area contributed by atoms with Gasteiger partial charge in [0.1, 0.15) is 6.10 Å². The van der Waals surface area contributed by atoms with E-state index in [0.717, 1.165) is 12.8 Å². The van der Waals surface area contributed by atoms with Gasteiger partial charge in [0.05, 0.1) is 46.2 Å². The summed E-state index contributed by atoms with van der Waals surface area (Å²) >= 11 is 0. The van der Waals surface area contributed by atoms with Crippen molar-refractivity contribution in [2.75, 3.05) is 67.6 Å². The van der Waals surface area contributed by atoms with Crippen LogP contribution in [0, 0.1) is 0 Å². The molecule has 27 heavy (non-hydrogen) atoms. The summed E-state index contributed by atoms with van der Waals surface area (Å²) in [6.07, 6.45) is 1.94. The van der Waals surface area contributed by atoms with Crippen molar-refractivity contribution in [3.8, 4) is 0 Å². The fraction of sp³-hybridized carbons (Fsp3) is 1.00. The molecule has 0 aromatic rings. The van der Waals surface area contributed by atoms with Crippen LogP contribution in [-0.2, 0) is 37.0 Å². The largest absolute Gasteiger partial charge is 0.501 e. The van der Waals surface area contributed by atoms with Crippen molar-refractivity contribution in [3.63, 3.8) is 0 Å². The quantitative estimate of drug-likeness (QED) is 0.283. The van der Waals surface area contributed by atoms with Gasteiger partial charge in [-0.3, -0.25) is 0 Å². The predicted molar refractivity (Wildman–Crippen MR) is 103 cm³/mol. The van der Waals surface area contributed by atoms with Crippen molar-refractivity contribution in [1.29, 1.82) is 0 Å². The molecule has 0 aromatic carbocycles. The molecule has 0 saturated carbocycles. The summed E-state index contributed by atoms with van der Waals surface area (Å²) in [5.41, 5.74) is 0. The third-order valence-corrected chi connectivity index (χ3v) is 7.42. The van der Waals surface area contributed by atoms with E-state index in [2.05, 4.69) is 6.92 Å². The molecule has 1 atom stereocenters. The summed E-state index contributed by atoms with van der Waals surface area (Å²) in [5.74, 6) is -0.852. The van der Waals surface area contributed by atoms with E-state index in [-0.39, 0.29) is 0 Å². The van der Waals surface area contributed by atoms with Crippen molar-refractivity contribution in [2.24, 2.45) is 0 Å². The van der Waals surface area contributed by atoms with E-state index in [0.29, 0.717) is 58.7 Å². The molecule has 1 heterocycles. The minimum absolute atomic E-state index is 0.327. The molecule has 0 aromatic heterocycles. The number of methoxy groups -OCH3 is 3. The lowest BCUT2D eigenvalue weighted by Crippen LogP contribution is -2.59. The smallest absolute Gasteiger partial charge is 0.382 e. The van der Waals surface area contributed by atoms with Gasteiger partial charge in [0.15, 0.2) is 5.79 Å². The second kappa shape index (κ2) is 14.0. The topological polar surface area (TPSA) is 73.8 Å². The molecule has 0 aliphatic carbocycles. The molecule has 1 saturated heterocycles. The molecular weight excluding hydrogens is 372 g/mol. The van der Waals surface area contributed by atoms with Crippen LogP contribution >= 0.6 is 0 Å². The third-order valence-electron chi connectivity index (χ3n) is 4.38. The summed E-state index contributed by atoms with van der Waals surface area (Å²) < 4.78 is 46.7. The van der Waals surface area contributed by atoms with Crippen LogP contribution in [0.3, 0.4) is 0 Å². The summed E-state index contributed by atoms with van der Waals surface area (Å²) in [7, 11) is 1.91. The van der Waals surface area contributed by atoms with Gasteiger partial charge in [-0.15, -0.1) is 0 Å². The summed E-state index contributed by atoms with van der Waals surface area (Å²) in [6.45, 7) is 7.44. The molecular formula is C18H38O8Si. The van der Waals surface area contributed by atoms with Crippen LogP contribution < -0.4 is 0 Å². The second-order valence-corrected chi connectivity index (χ2v) is 9.07. The number of rotatable bonds is 16. The Kier molecular flexibility index (Phi) is 12.9. The number of hydrogen-bond acceptors (Lipinski definition) is 8. The van der Waals surface area contributed by atoms with E-state index in [1.54, 1.807) is 21.3 Å². The molecule has 1 rings (SSSR count). The zero-order valence-electron chi connectivity index (χ0n) is 17.6. The Bertz CT molecular complexity index is 355. The van der Waals surface area contributed by atoms with Crippen molar-refractivity contribution in [2.45, 2.75) is 51.0 Å². The van der Waals surface area contributed by atoms with Gasteiger partial charge in [-0.05, 0) is 6.42 Å². The van der Waals surface area contributed by atoms with E-state index >= 15 is 0 Å². The molecule has 0 N–H and O–H groups in total. The van der Waals surface area contributed by atoms with E-state index < -0.39 is 20.7 Å². The zero-order chi connectivity index (χ0) is 20.0. The first-order chi connectivity index (χ1) is 13.1. The zero-order valence-corrected chi connectivity index (χ0v) is 18.6. The highest BCUT2D eigenvalue weighted by atomic mass is 28.4. The number of ether oxygens (including phenoxy) is 5. The highest BCUT2D eigenvalue weighted by Gasteiger charge is 2.50. The van der Waals surface area contributed by atoms with E-state index in [1.807, 2.05) is 6.92 Å². The average molecular weight is 411 g/mol. The summed E-state index contributed by atoms with van der Waals surface area (Å²) in [5, 5.41) is 0. The molecule has 0 bridgehead atoms. The van der Waals surface area contributed by atoms with E-state index in [4.69, 9.17) is 37.0 Å². The van der Waals surface area contributed by atoms with Crippen LogP contribution in [0.25, 0.3) is 0 Å². The van der Waals surface area contributed by atoms with Gasteiger partial charge < -0.3 is 37.0 Å². The molecule has 0 amide bonds. The molecule has 8 nitrogen and oxygen atoms in total. The fourth-order valence-electron chi connectivity index (χ4n) is 3.01. The Balaban J connectivity index is 3.02. The maximum Gasteiger partial charge on any atom is 0.501 e. The molecule has 9 heteroatoms. The standard InChI is InChI=1S/C18H38O8Si/c1-6-15-27(24-13-11-19-3,25-14-12-20-4)26-17(16-21-5)18(7-2)22-9-8-10-23-18/h17H,6-16H2,1-5H3. The average Bonchev–Trinajstić information content (AvgIpc) is 2.69. The Hall–Kier alpha value is -0.103. The lowest BCUT2D eigenvalue weighted by atomic mass is 10.1. The monoisotopic (exact) mass is 410 g/mol. The first-order valence-corrected chi connectivity index (χ1v) is 11.8. The van der Waals surface area contributed by atoms with Crippen LogP contribution in [-0.4, -0.2) is 88.3 Å². The van der Waals surface area contributed by atoms with Gasteiger partial charge in [0.2, 0.25) is 0 Å². The molecule has 0 spiro atoms. The van der Waals surface area contributed by atoms with Crippen molar-refractivity contribution >= 4 is 8.80 Å². The minimum atomic E-state index is -3.02. The van der Waals surface area contributed by atoms with Gasteiger partial charge in [0.25, 0.3) is 0 Å². The molecule has 162 valence electrons. The van der Waals surface area contributed by atoms with E-state index in [9.17, 15) is 0 Å². The number of hydrogen-bond donors (Lipinski definition) is 0. The van der Waals surface area contributed by atoms with Gasteiger partial charge in [-0.1, -0.05) is 20.3 Å². The van der Waals surface area contributed by atoms with Crippen molar-refractivity contribution in [1.82, 2.24) is 0 Å². The van der Waals surface area contributed by atoms with Crippen LogP contribution in [0.5, 0.6) is 0 Å². The first kappa shape index (κ1) is 24.9. The Morgan fingerprint density at radius 1 is 0.889 bits per heavy atom. The molecule has 1 aliphatic heterocycles. The predicted octanol–water partition coefficient (Wildman–Crippen LogP) is 2.24. The van der Waals surface area contributed by atoms with Gasteiger partial charge in [-0.25, -0.2) is 0 Å². The lowest BCUT2D eigenvalue weighted by Gasteiger charge is -2.44. The SMILES string of the molecule is CCC[Si](OCCOC)(OCCOC)OC(COC)C1(CC)OCCCO1. The van der Waals surface area contributed by atoms with Gasteiger partial charge >= 0.3 is 8.80 Å². The molecule has 1 unspecified atom stereocenters. The minimum Gasteiger partial charge on any atom is -0.382 e. The summed E-state index contributed by atoms with van der Waals surface area (Å²) in [6, 6.07) is 0.681. The Morgan fingerprint density at radius 2 is 1.48 bits per heavy atom. The van der Waals surface area contributed by atoms with Gasteiger partial charge in [-0.2, -0.15) is 0 Å². The maximum atomic E-state index is 6.55. The highest BCUT2D eigenvalue weighted by Crippen LogP contribution is 2.32. The first-order valence-electron chi connectivity index (χ1n) is 9.82. The second-order valence-electron chi connectivity index (χ2n) is 6.39.